The molecule has 3 rings (SSSR count). The van der Waals surface area contributed by atoms with Crippen molar-refractivity contribution < 1.29 is 14.3 Å². The summed E-state index contributed by atoms with van der Waals surface area (Å²) in [6.07, 6.45) is 2.07. The number of benzene rings is 2. The first-order valence-corrected chi connectivity index (χ1v) is 8.51. The highest BCUT2D eigenvalue weighted by Gasteiger charge is 2.34. The monoisotopic (exact) mass is 327 g/mol. The van der Waals surface area contributed by atoms with Gasteiger partial charge >= 0.3 is 5.97 Å². The van der Waals surface area contributed by atoms with E-state index in [1.807, 2.05) is 50.2 Å². The molecule has 1 aliphatic heterocycles. The van der Waals surface area contributed by atoms with E-state index in [0.717, 1.165) is 42.5 Å². The first-order chi connectivity index (χ1) is 11.5. The number of hydrogen-bond donors (Lipinski definition) is 1. The van der Waals surface area contributed by atoms with Crippen LogP contribution in [-0.2, 0) is 4.74 Å². The maximum Gasteiger partial charge on any atom is 0.338 e. The Morgan fingerprint density at radius 3 is 2.50 bits per heavy atom. The van der Waals surface area contributed by atoms with Crippen LogP contribution < -0.4 is 10.1 Å². The van der Waals surface area contributed by atoms with E-state index >= 15 is 0 Å². The lowest BCUT2D eigenvalue weighted by Crippen LogP contribution is -2.42. The van der Waals surface area contributed by atoms with Gasteiger partial charge in [0.05, 0.1) is 12.7 Å². The van der Waals surface area contributed by atoms with Gasteiger partial charge in [0.25, 0.3) is 0 Å². The minimum Gasteiger partial charge on any atom is -0.497 e. The normalized spacial score (nSPS) is 16.1. The van der Waals surface area contributed by atoms with Crippen molar-refractivity contribution in [1.82, 2.24) is 5.32 Å². The molecule has 2 aromatic rings. The van der Waals surface area contributed by atoms with Crippen molar-refractivity contribution >= 4 is 16.7 Å². The Bertz CT molecular complexity index is 733. The molecule has 1 saturated heterocycles. The van der Waals surface area contributed by atoms with Crippen molar-refractivity contribution in [2.75, 3.05) is 20.2 Å². The number of carbonyl (C=O) groups excluding carboxylic acids is 1. The van der Waals surface area contributed by atoms with Gasteiger partial charge in [-0.25, -0.2) is 4.79 Å². The lowest BCUT2D eigenvalue weighted by atomic mass is 9.83. The topological polar surface area (TPSA) is 47.6 Å². The molecule has 4 heteroatoms. The van der Waals surface area contributed by atoms with E-state index in [-0.39, 0.29) is 5.97 Å². The standard InChI is InChI=1S/C20H25NO3/c1-20(2,17-8-10-21-11-9-17)24-19(22)15-5-4-14-6-7-18(23-3)13-16(14)12-15/h4-7,12-13,17,21H,8-11H2,1-3H3. The lowest BCUT2D eigenvalue weighted by Gasteiger charge is -2.36. The third-order valence-corrected chi connectivity index (χ3v) is 4.96. The Kier molecular flexibility index (Phi) is 4.76. The summed E-state index contributed by atoms with van der Waals surface area (Å²) < 4.78 is 11.1. The molecule has 0 saturated carbocycles. The number of ether oxygens (including phenoxy) is 2. The predicted molar refractivity (Wildman–Crippen MR) is 95.6 cm³/mol. The number of methoxy groups -OCH3 is 1. The van der Waals surface area contributed by atoms with Gasteiger partial charge in [0.2, 0.25) is 0 Å². The van der Waals surface area contributed by atoms with Gasteiger partial charge in [0, 0.05) is 5.92 Å². The van der Waals surface area contributed by atoms with Crippen molar-refractivity contribution in [3.8, 4) is 5.75 Å². The summed E-state index contributed by atoms with van der Waals surface area (Å²) in [4.78, 5) is 12.6. The summed E-state index contributed by atoms with van der Waals surface area (Å²) in [5.74, 6) is 0.912. The molecule has 2 aromatic carbocycles. The molecule has 0 aromatic heterocycles. The molecular weight excluding hydrogens is 302 g/mol. The number of esters is 1. The highest BCUT2D eigenvalue weighted by atomic mass is 16.6. The van der Waals surface area contributed by atoms with Gasteiger partial charge in [-0.3, -0.25) is 0 Å². The molecule has 24 heavy (non-hydrogen) atoms. The number of rotatable bonds is 4. The Morgan fingerprint density at radius 2 is 1.79 bits per heavy atom. The fourth-order valence-electron chi connectivity index (χ4n) is 3.38. The summed E-state index contributed by atoms with van der Waals surface area (Å²) in [6.45, 7) is 6.01. The van der Waals surface area contributed by atoms with E-state index in [4.69, 9.17) is 9.47 Å². The van der Waals surface area contributed by atoms with Crippen LogP contribution in [0.25, 0.3) is 10.8 Å². The summed E-state index contributed by atoms with van der Waals surface area (Å²) in [6, 6.07) is 11.5. The number of carbonyl (C=O) groups is 1. The molecule has 1 fully saturated rings. The fourth-order valence-corrected chi connectivity index (χ4v) is 3.38. The zero-order valence-corrected chi connectivity index (χ0v) is 14.6. The predicted octanol–water partition coefficient (Wildman–Crippen LogP) is 3.78. The molecule has 0 unspecified atom stereocenters. The minimum absolute atomic E-state index is 0.261. The third kappa shape index (κ3) is 3.54. The molecule has 0 spiro atoms. The van der Waals surface area contributed by atoms with Crippen molar-refractivity contribution in [1.29, 1.82) is 0 Å². The maximum atomic E-state index is 12.6. The highest BCUT2D eigenvalue weighted by molar-refractivity contribution is 5.96. The van der Waals surface area contributed by atoms with E-state index in [1.54, 1.807) is 7.11 Å². The van der Waals surface area contributed by atoms with Crippen LogP contribution in [0.5, 0.6) is 5.75 Å². The van der Waals surface area contributed by atoms with Gasteiger partial charge in [-0.05, 0) is 74.8 Å². The average molecular weight is 327 g/mol. The number of hydrogen-bond acceptors (Lipinski definition) is 4. The zero-order chi connectivity index (χ0) is 17.2. The third-order valence-electron chi connectivity index (χ3n) is 4.96. The van der Waals surface area contributed by atoms with Crippen LogP contribution in [0, 0.1) is 5.92 Å². The maximum absolute atomic E-state index is 12.6. The first kappa shape index (κ1) is 16.8. The zero-order valence-electron chi connectivity index (χ0n) is 14.6. The average Bonchev–Trinajstić information content (AvgIpc) is 2.61. The Morgan fingerprint density at radius 1 is 1.08 bits per heavy atom. The Balaban J connectivity index is 1.79. The van der Waals surface area contributed by atoms with Crippen LogP contribution >= 0.6 is 0 Å². The largest absolute Gasteiger partial charge is 0.497 e. The molecule has 1 aliphatic rings. The van der Waals surface area contributed by atoms with Crippen LogP contribution in [0.3, 0.4) is 0 Å². The second-order valence-electron chi connectivity index (χ2n) is 6.95. The highest BCUT2D eigenvalue weighted by Crippen LogP contribution is 2.30. The van der Waals surface area contributed by atoms with E-state index in [2.05, 4.69) is 5.32 Å². The molecule has 0 bridgehead atoms. The van der Waals surface area contributed by atoms with Crippen LogP contribution in [0.15, 0.2) is 36.4 Å². The molecule has 0 radical (unpaired) electrons. The second-order valence-corrected chi connectivity index (χ2v) is 6.95. The second kappa shape index (κ2) is 6.81. The van der Waals surface area contributed by atoms with Gasteiger partial charge < -0.3 is 14.8 Å². The summed E-state index contributed by atoms with van der Waals surface area (Å²) in [5, 5.41) is 5.40. The molecule has 0 atom stereocenters. The Hall–Kier alpha value is -2.07. The van der Waals surface area contributed by atoms with Crippen molar-refractivity contribution in [3.63, 3.8) is 0 Å². The van der Waals surface area contributed by atoms with Crippen LogP contribution in [0.1, 0.15) is 37.0 Å². The van der Waals surface area contributed by atoms with Crippen molar-refractivity contribution in [2.45, 2.75) is 32.3 Å². The van der Waals surface area contributed by atoms with Gasteiger partial charge in [0.15, 0.2) is 0 Å². The molecule has 0 amide bonds. The molecule has 4 nitrogen and oxygen atoms in total. The van der Waals surface area contributed by atoms with Gasteiger partial charge in [-0.15, -0.1) is 0 Å². The Labute approximate surface area is 143 Å². The molecular formula is C20H25NO3. The van der Waals surface area contributed by atoms with E-state index in [0.29, 0.717) is 11.5 Å². The fraction of sp³-hybridized carbons (Fsp3) is 0.450. The van der Waals surface area contributed by atoms with Crippen molar-refractivity contribution in [2.24, 2.45) is 5.92 Å². The quantitative estimate of drug-likeness (QED) is 0.868. The molecule has 1 N–H and O–H groups in total. The van der Waals surface area contributed by atoms with Crippen LogP contribution in [0.2, 0.25) is 0 Å². The minimum atomic E-state index is -0.456. The molecule has 0 aliphatic carbocycles. The first-order valence-electron chi connectivity index (χ1n) is 8.51. The van der Waals surface area contributed by atoms with Gasteiger partial charge in [0.1, 0.15) is 11.4 Å². The van der Waals surface area contributed by atoms with Crippen LogP contribution in [0.4, 0.5) is 0 Å². The summed E-state index contributed by atoms with van der Waals surface area (Å²) in [5.41, 5.74) is 0.125. The number of piperidine rings is 1. The van der Waals surface area contributed by atoms with Gasteiger partial charge in [-0.2, -0.15) is 0 Å². The number of nitrogens with one attached hydrogen (secondary N) is 1. The van der Waals surface area contributed by atoms with Crippen LogP contribution in [-0.4, -0.2) is 31.8 Å². The lowest BCUT2D eigenvalue weighted by molar-refractivity contribution is -0.0368. The van der Waals surface area contributed by atoms with Crippen molar-refractivity contribution in [3.05, 3.63) is 42.0 Å². The summed E-state index contributed by atoms with van der Waals surface area (Å²) >= 11 is 0. The van der Waals surface area contributed by atoms with Gasteiger partial charge in [-0.1, -0.05) is 12.1 Å². The number of fused-ring (bicyclic) bond motifs is 1. The molecule has 128 valence electrons. The molecule has 1 heterocycles. The SMILES string of the molecule is COc1ccc2ccc(C(=O)OC(C)(C)C3CCNCC3)cc2c1. The smallest absolute Gasteiger partial charge is 0.338 e. The van der Waals surface area contributed by atoms with E-state index in [1.165, 1.54) is 0 Å². The van der Waals surface area contributed by atoms with E-state index < -0.39 is 5.60 Å². The van der Waals surface area contributed by atoms with E-state index in [9.17, 15) is 4.79 Å². The summed E-state index contributed by atoms with van der Waals surface area (Å²) in [7, 11) is 1.64.